The van der Waals surface area contributed by atoms with Crippen molar-refractivity contribution < 1.29 is 4.79 Å². The Morgan fingerprint density at radius 1 is 1.32 bits per heavy atom. The number of hydrogen-bond acceptors (Lipinski definition) is 2. The number of nitrogens with zero attached hydrogens (tertiary/aromatic N) is 1. The quantitative estimate of drug-likeness (QED) is 0.569. The maximum atomic E-state index is 12.6. The van der Waals surface area contributed by atoms with Gasteiger partial charge in [-0.3, -0.25) is 4.79 Å². The Labute approximate surface area is 138 Å². The largest absolute Gasteiger partial charge is 0.359 e. The highest BCUT2D eigenvalue weighted by molar-refractivity contribution is 7.80. The van der Waals surface area contributed by atoms with Crippen molar-refractivity contribution in [3.05, 3.63) is 42.5 Å². The van der Waals surface area contributed by atoms with Crippen LogP contribution in [0.15, 0.2) is 36.9 Å². The van der Waals surface area contributed by atoms with E-state index in [1.165, 1.54) is 0 Å². The number of carbonyl (C=O) groups is 1. The molecule has 1 aromatic carbocycles. The lowest BCUT2D eigenvalue weighted by Crippen LogP contribution is -2.32. The minimum absolute atomic E-state index is 0.0670. The summed E-state index contributed by atoms with van der Waals surface area (Å²) in [7, 11) is 0. The van der Waals surface area contributed by atoms with E-state index in [9.17, 15) is 4.79 Å². The van der Waals surface area contributed by atoms with Gasteiger partial charge in [-0.2, -0.15) is 0 Å². The molecule has 0 aliphatic carbocycles. The molecule has 4 nitrogen and oxygen atoms in total. The third kappa shape index (κ3) is 5.85. The Morgan fingerprint density at radius 2 is 2.00 bits per heavy atom. The summed E-state index contributed by atoms with van der Waals surface area (Å²) < 4.78 is 0. The van der Waals surface area contributed by atoms with Crippen LogP contribution in [0, 0.1) is 0 Å². The molecular formula is C17H25N3OS. The molecule has 120 valence electrons. The molecule has 5 heteroatoms. The van der Waals surface area contributed by atoms with E-state index in [2.05, 4.69) is 31.1 Å². The number of amides is 1. The number of rotatable bonds is 8. The second-order valence-electron chi connectivity index (χ2n) is 5.00. The molecule has 0 saturated carbocycles. The average Bonchev–Trinajstić information content (AvgIpc) is 2.52. The van der Waals surface area contributed by atoms with Gasteiger partial charge in [0, 0.05) is 30.9 Å². The zero-order valence-electron chi connectivity index (χ0n) is 13.4. The normalized spacial score (nSPS) is 9.91. The van der Waals surface area contributed by atoms with E-state index in [1.54, 1.807) is 6.08 Å². The van der Waals surface area contributed by atoms with Crippen molar-refractivity contribution in [1.82, 2.24) is 10.2 Å². The number of benzene rings is 1. The number of thiocarbonyl (C=S) groups is 1. The van der Waals surface area contributed by atoms with Crippen LogP contribution in [0.3, 0.4) is 0 Å². The van der Waals surface area contributed by atoms with Crippen LogP contribution in [-0.2, 0) is 0 Å². The molecule has 0 aromatic heterocycles. The highest BCUT2D eigenvalue weighted by Gasteiger charge is 2.14. The van der Waals surface area contributed by atoms with Gasteiger partial charge in [0.25, 0.3) is 5.91 Å². The monoisotopic (exact) mass is 319 g/mol. The van der Waals surface area contributed by atoms with E-state index in [1.807, 2.05) is 29.2 Å². The van der Waals surface area contributed by atoms with Gasteiger partial charge in [0.2, 0.25) is 0 Å². The van der Waals surface area contributed by atoms with Gasteiger partial charge in [-0.05, 0) is 43.3 Å². The lowest BCUT2D eigenvalue weighted by molar-refractivity contribution is 0.0755. The minimum Gasteiger partial charge on any atom is -0.359 e. The highest BCUT2D eigenvalue weighted by Crippen LogP contribution is 2.13. The summed E-state index contributed by atoms with van der Waals surface area (Å²) in [6.07, 6.45) is 3.65. The minimum atomic E-state index is 0.0670. The summed E-state index contributed by atoms with van der Waals surface area (Å²) in [5.74, 6) is 0.0670. The van der Waals surface area contributed by atoms with Crippen LogP contribution in [0.2, 0.25) is 0 Å². The fraction of sp³-hybridized carbons (Fsp3) is 0.412. The smallest absolute Gasteiger partial charge is 0.253 e. The topological polar surface area (TPSA) is 44.4 Å². The van der Waals surface area contributed by atoms with E-state index >= 15 is 0 Å². The molecule has 0 radical (unpaired) electrons. The molecule has 0 bridgehead atoms. The predicted octanol–water partition coefficient (Wildman–Crippen LogP) is 3.42. The van der Waals surface area contributed by atoms with Crippen molar-refractivity contribution >= 4 is 28.9 Å². The maximum Gasteiger partial charge on any atom is 0.253 e. The lowest BCUT2D eigenvalue weighted by Gasteiger charge is -2.21. The Kier molecular flexibility index (Phi) is 8.22. The zero-order chi connectivity index (χ0) is 16.4. The SMILES string of the molecule is C=CCNC(=S)Nc1cccc(C(=O)N(CCC)CCC)c1. The zero-order valence-corrected chi connectivity index (χ0v) is 14.2. The van der Waals surface area contributed by atoms with Gasteiger partial charge in [0.15, 0.2) is 5.11 Å². The second-order valence-corrected chi connectivity index (χ2v) is 5.40. The predicted molar refractivity (Wildman–Crippen MR) is 97.3 cm³/mol. The fourth-order valence-electron chi connectivity index (χ4n) is 2.11. The van der Waals surface area contributed by atoms with Gasteiger partial charge in [0.05, 0.1) is 0 Å². The summed E-state index contributed by atoms with van der Waals surface area (Å²) in [6, 6.07) is 7.43. The first-order chi connectivity index (χ1) is 10.6. The van der Waals surface area contributed by atoms with E-state index in [0.717, 1.165) is 31.6 Å². The van der Waals surface area contributed by atoms with Crippen molar-refractivity contribution in [1.29, 1.82) is 0 Å². The Bertz CT molecular complexity index is 510. The Morgan fingerprint density at radius 3 is 2.59 bits per heavy atom. The summed E-state index contributed by atoms with van der Waals surface area (Å²) in [5, 5.41) is 6.59. The van der Waals surface area contributed by atoms with E-state index < -0.39 is 0 Å². The van der Waals surface area contributed by atoms with Crippen molar-refractivity contribution in [2.24, 2.45) is 0 Å². The molecule has 0 unspecified atom stereocenters. The molecule has 0 heterocycles. The molecule has 22 heavy (non-hydrogen) atoms. The average molecular weight is 319 g/mol. The van der Waals surface area contributed by atoms with Crippen LogP contribution < -0.4 is 10.6 Å². The first kappa shape index (κ1) is 18.2. The van der Waals surface area contributed by atoms with E-state index in [0.29, 0.717) is 17.2 Å². The van der Waals surface area contributed by atoms with Gasteiger partial charge in [0.1, 0.15) is 0 Å². The number of hydrogen-bond donors (Lipinski definition) is 2. The molecule has 0 atom stereocenters. The van der Waals surface area contributed by atoms with Crippen LogP contribution in [0.4, 0.5) is 5.69 Å². The van der Waals surface area contributed by atoms with Gasteiger partial charge in [-0.15, -0.1) is 6.58 Å². The van der Waals surface area contributed by atoms with Gasteiger partial charge in [-0.1, -0.05) is 26.0 Å². The van der Waals surface area contributed by atoms with Crippen molar-refractivity contribution in [2.75, 3.05) is 25.0 Å². The molecule has 0 aliphatic heterocycles. The van der Waals surface area contributed by atoms with Gasteiger partial charge >= 0.3 is 0 Å². The van der Waals surface area contributed by atoms with Crippen LogP contribution >= 0.6 is 12.2 Å². The third-order valence-electron chi connectivity index (χ3n) is 3.05. The molecule has 1 rings (SSSR count). The number of carbonyl (C=O) groups excluding carboxylic acids is 1. The lowest BCUT2D eigenvalue weighted by atomic mass is 10.1. The molecular weight excluding hydrogens is 294 g/mol. The Balaban J connectivity index is 2.79. The molecule has 0 fully saturated rings. The highest BCUT2D eigenvalue weighted by atomic mass is 32.1. The Hall–Kier alpha value is -1.88. The van der Waals surface area contributed by atoms with E-state index in [-0.39, 0.29) is 5.91 Å². The van der Waals surface area contributed by atoms with E-state index in [4.69, 9.17) is 12.2 Å². The summed E-state index contributed by atoms with van der Waals surface area (Å²) in [6.45, 7) is 9.96. The molecule has 2 N–H and O–H groups in total. The van der Waals surface area contributed by atoms with Crippen LogP contribution in [0.1, 0.15) is 37.0 Å². The first-order valence-electron chi connectivity index (χ1n) is 7.67. The van der Waals surface area contributed by atoms with Crippen LogP contribution in [0.5, 0.6) is 0 Å². The third-order valence-corrected chi connectivity index (χ3v) is 3.30. The van der Waals surface area contributed by atoms with Gasteiger partial charge in [-0.25, -0.2) is 0 Å². The molecule has 1 amide bonds. The maximum absolute atomic E-state index is 12.6. The number of nitrogens with one attached hydrogen (secondary N) is 2. The molecule has 0 aliphatic rings. The standard InChI is InChI=1S/C17H25N3OS/c1-4-10-18-17(22)19-15-9-7-8-14(13-15)16(21)20(11-5-2)12-6-3/h4,7-9,13H,1,5-6,10-12H2,2-3H3,(H2,18,19,22). The van der Waals surface area contributed by atoms with Gasteiger partial charge < -0.3 is 15.5 Å². The summed E-state index contributed by atoms with van der Waals surface area (Å²) >= 11 is 5.18. The van der Waals surface area contributed by atoms with Crippen molar-refractivity contribution in [2.45, 2.75) is 26.7 Å². The van der Waals surface area contributed by atoms with Crippen LogP contribution in [0.25, 0.3) is 0 Å². The molecule has 0 saturated heterocycles. The molecule has 1 aromatic rings. The summed E-state index contributed by atoms with van der Waals surface area (Å²) in [5.41, 5.74) is 1.48. The first-order valence-corrected chi connectivity index (χ1v) is 8.08. The fourth-order valence-corrected chi connectivity index (χ4v) is 2.31. The van der Waals surface area contributed by atoms with Crippen LogP contribution in [-0.4, -0.2) is 35.6 Å². The summed E-state index contributed by atoms with van der Waals surface area (Å²) in [4.78, 5) is 14.5. The number of anilines is 1. The molecule has 0 spiro atoms. The van der Waals surface area contributed by atoms with Crippen molar-refractivity contribution in [3.8, 4) is 0 Å². The second kappa shape index (κ2) is 9.95. The van der Waals surface area contributed by atoms with Crippen molar-refractivity contribution in [3.63, 3.8) is 0 Å².